The van der Waals surface area contributed by atoms with Crippen molar-refractivity contribution >= 4 is 21.3 Å². The molecule has 0 atom stereocenters. The molecule has 1 heterocycles. The minimum absolute atomic E-state index is 0.770. The van der Waals surface area contributed by atoms with Crippen molar-refractivity contribution in [3.63, 3.8) is 0 Å². The largest absolute Gasteiger partial charge is 0.456 e. The van der Waals surface area contributed by atoms with Gasteiger partial charge in [-0.25, -0.2) is 0 Å². The van der Waals surface area contributed by atoms with Crippen molar-refractivity contribution in [2.24, 2.45) is 0 Å². The molecule has 7 heteroatoms. The van der Waals surface area contributed by atoms with E-state index in [9.17, 15) is 8.42 Å². The summed E-state index contributed by atoms with van der Waals surface area (Å²) in [5, 5.41) is 8.59. The van der Waals surface area contributed by atoms with Crippen LogP contribution in [0, 0.1) is 11.5 Å². The molecule has 0 amide bonds. The summed E-state index contributed by atoms with van der Waals surface area (Å²) in [6.07, 6.45) is 2.58. The van der Waals surface area contributed by atoms with E-state index >= 15 is 0 Å². The van der Waals surface area contributed by atoms with Crippen molar-refractivity contribution in [2.75, 3.05) is 0 Å². The summed E-state index contributed by atoms with van der Waals surface area (Å²) >= 11 is 0. The molecule has 0 spiro atoms. The number of rotatable bonds is 1. The highest BCUT2D eigenvalue weighted by Crippen LogP contribution is 2.07. The topological polar surface area (TPSA) is 100 Å². The number of hydrogen-bond donors (Lipinski definition) is 1. The Morgan fingerprint density at radius 3 is 2.41 bits per heavy atom. The molecular weight excluding hydrogens is 244 g/mol. The van der Waals surface area contributed by atoms with E-state index in [1.54, 1.807) is 0 Å². The molecule has 1 aromatic carbocycles. The molecule has 0 aliphatic carbocycles. The first-order chi connectivity index (χ1) is 8.03. The highest BCUT2D eigenvalue weighted by molar-refractivity contribution is 7.81. The molecule has 6 nitrogen and oxygen atoms in total. The zero-order valence-corrected chi connectivity index (χ0v) is 9.33. The average molecular weight is 252 g/mol. The van der Waals surface area contributed by atoms with Crippen LogP contribution in [0.3, 0.4) is 0 Å². The van der Waals surface area contributed by atoms with Crippen LogP contribution in [-0.2, 0) is 14.6 Å². The fourth-order valence-corrected chi connectivity index (χ4v) is 1.16. The lowest BCUT2D eigenvalue weighted by Gasteiger charge is -1.91. The van der Waals surface area contributed by atoms with Gasteiger partial charge < -0.3 is 0 Å². The van der Waals surface area contributed by atoms with Gasteiger partial charge in [-0.2, -0.15) is 8.42 Å². The summed E-state index contributed by atoms with van der Waals surface area (Å²) in [6, 6.07) is 12.1. The number of hydrogen-bond acceptors (Lipinski definition) is 5. The number of nitriles is 1. The Bertz CT molecular complexity index is 569. The van der Waals surface area contributed by atoms with Gasteiger partial charge in [0.15, 0.2) is 0 Å². The van der Waals surface area contributed by atoms with E-state index in [-0.39, 0.29) is 0 Å². The molecule has 0 unspecified atom stereocenters. The number of nitrogens with zero attached hydrogens (tertiary/aromatic N) is 2. The molecule has 0 aliphatic rings. The molecule has 1 N–H and O–H groups in total. The Hall–Kier alpha value is -2.17. The minimum atomic E-state index is -4.54. The first-order valence-corrected chi connectivity index (χ1v) is 5.74. The summed E-state index contributed by atoms with van der Waals surface area (Å²) in [7, 11) is -4.54. The number of pyridine rings is 1. The van der Waals surface area contributed by atoms with Gasteiger partial charge in [-0.15, -0.1) is 5.26 Å². The molecule has 0 saturated carbocycles. The van der Waals surface area contributed by atoms with Gasteiger partial charge in [0.1, 0.15) is 0 Å². The maximum atomic E-state index is 9.34. The van der Waals surface area contributed by atoms with Crippen molar-refractivity contribution in [3.8, 4) is 6.26 Å². The molecule has 1 aromatic heterocycles. The highest BCUT2D eigenvalue weighted by Gasteiger charge is 1.99. The third-order valence-corrected chi connectivity index (χ3v) is 1.94. The SMILES string of the molecule is N#COS(=O)(=O)O.c1ccc2ncccc2c1. The van der Waals surface area contributed by atoms with E-state index in [1.165, 1.54) is 5.39 Å². The van der Waals surface area contributed by atoms with E-state index < -0.39 is 10.4 Å². The second kappa shape index (κ2) is 5.79. The molecule has 0 fully saturated rings. The van der Waals surface area contributed by atoms with Gasteiger partial charge in [0.25, 0.3) is 0 Å². The normalized spacial score (nSPS) is 9.88. The third kappa shape index (κ3) is 4.92. The predicted molar refractivity (Wildman–Crippen MR) is 60.0 cm³/mol. The van der Waals surface area contributed by atoms with E-state index in [1.807, 2.05) is 30.5 Å². The highest BCUT2D eigenvalue weighted by atomic mass is 32.3. The van der Waals surface area contributed by atoms with E-state index in [4.69, 9.17) is 9.81 Å². The molecule has 0 radical (unpaired) electrons. The molecule has 2 aromatic rings. The monoisotopic (exact) mass is 252 g/mol. The number of fused-ring (bicyclic) bond motifs is 1. The fourth-order valence-electron chi connectivity index (χ4n) is 1.06. The van der Waals surface area contributed by atoms with Crippen LogP contribution in [0.2, 0.25) is 0 Å². The Morgan fingerprint density at radius 2 is 1.88 bits per heavy atom. The second-order valence-electron chi connectivity index (χ2n) is 2.80. The van der Waals surface area contributed by atoms with E-state index in [0.29, 0.717) is 0 Å². The zero-order chi connectivity index (χ0) is 12.7. The second-order valence-corrected chi connectivity index (χ2v) is 3.82. The lowest BCUT2D eigenvalue weighted by molar-refractivity contribution is 0.367. The maximum Gasteiger partial charge on any atom is 0.456 e. The smallest absolute Gasteiger partial charge is 0.281 e. The van der Waals surface area contributed by atoms with Crippen LogP contribution in [0.15, 0.2) is 42.6 Å². The Balaban J connectivity index is 0.000000185. The summed E-state index contributed by atoms with van der Waals surface area (Å²) in [6.45, 7) is 0. The average Bonchev–Trinajstić information content (AvgIpc) is 2.28. The fraction of sp³-hybridized carbons (Fsp3) is 0. The van der Waals surface area contributed by atoms with Gasteiger partial charge in [0.2, 0.25) is 0 Å². The van der Waals surface area contributed by atoms with E-state index in [2.05, 4.69) is 21.3 Å². The Morgan fingerprint density at radius 1 is 1.24 bits per heavy atom. The summed E-state index contributed by atoms with van der Waals surface area (Å²) in [5.41, 5.74) is 1.06. The Labute approximate surface area is 98.0 Å². The maximum absolute atomic E-state index is 9.34. The van der Waals surface area contributed by atoms with Crippen LogP contribution in [-0.4, -0.2) is 18.0 Å². The van der Waals surface area contributed by atoms with Gasteiger partial charge >= 0.3 is 16.7 Å². The van der Waals surface area contributed by atoms with Gasteiger partial charge in [-0.1, -0.05) is 24.3 Å². The van der Waals surface area contributed by atoms with Crippen molar-refractivity contribution < 1.29 is 17.2 Å². The molecule has 88 valence electrons. The minimum Gasteiger partial charge on any atom is -0.281 e. The van der Waals surface area contributed by atoms with Crippen LogP contribution >= 0.6 is 0 Å². The molecule has 17 heavy (non-hydrogen) atoms. The standard InChI is InChI=1S/C9H7N.CHNO4S/c1-2-6-9-8(4-1)5-3-7-10-9;2-1-6-7(3,4)5/h1-7H;(H,3,4,5). The lowest BCUT2D eigenvalue weighted by atomic mass is 10.2. The number of benzene rings is 1. The molecule has 0 aliphatic heterocycles. The summed E-state index contributed by atoms with van der Waals surface area (Å²) < 4.78 is 29.3. The van der Waals surface area contributed by atoms with Crippen molar-refractivity contribution in [1.29, 1.82) is 5.26 Å². The van der Waals surface area contributed by atoms with Crippen molar-refractivity contribution in [1.82, 2.24) is 4.98 Å². The number of aromatic nitrogens is 1. The number of para-hydroxylation sites is 1. The third-order valence-electron chi connectivity index (χ3n) is 1.65. The summed E-state index contributed by atoms with van der Waals surface area (Å²) in [4.78, 5) is 4.18. The van der Waals surface area contributed by atoms with Crippen LogP contribution < -0.4 is 0 Å². The van der Waals surface area contributed by atoms with Crippen molar-refractivity contribution in [2.45, 2.75) is 0 Å². The van der Waals surface area contributed by atoms with Gasteiger partial charge in [-0.3, -0.25) is 13.7 Å². The molecule has 0 saturated heterocycles. The first kappa shape index (κ1) is 12.9. The van der Waals surface area contributed by atoms with Crippen LogP contribution in [0.25, 0.3) is 10.9 Å². The lowest BCUT2D eigenvalue weighted by Crippen LogP contribution is -1.96. The zero-order valence-electron chi connectivity index (χ0n) is 8.52. The van der Waals surface area contributed by atoms with E-state index in [0.717, 1.165) is 11.8 Å². The first-order valence-electron chi connectivity index (χ1n) is 4.37. The Kier molecular flexibility index (Phi) is 4.39. The van der Waals surface area contributed by atoms with Crippen LogP contribution in [0.4, 0.5) is 0 Å². The molecule has 0 bridgehead atoms. The molecular formula is C10H8N2O4S. The van der Waals surface area contributed by atoms with Gasteiger partial charge in [-0.05, 0) is 12.1 Å². The van der Waals surface area contributed by atoms with Crippen molar-refractivity contribution in [3.05, 3.63) is 42.6 Å². The van der Waals surface area contributed by atoms with Crippen LogP contribution in [0.5, 0.6) is 0 Å². The van der Waals surface area contributed by atoms with Gasteiger partial charge in [0, 0.05) is 11.6 Å². The summed E-state index contributed by atoms with van der Waals surface area (Å²) in [5.74, 6) is 0. The quantitative estimate of drug-likeness (QED) is 0.610. The van der Waals surface area contributed by atoms with Crippen LogP contribution in [0.1, 0.15) is 0 Å². The molecule has 2 rings (SSSR count). The predicted octanol–water partition coefficient (Wildman–Crippen LogP) is 1.52. The van der Waals surface area contributed by atoms with Gasteiger partial charge in [0.05, 0.1) is 5.52 Å².